The van der Waals surface area contributed by atoms with Crippen molar-refractivity contribution in [3.8, 4) is 0 Å². The Hall–Kier alpha value is 0.310. The van der Waals surface area contributed by atoms with E-state index < -0.39 is 0 Å². The van der Waals surface area contributed by atoms with Crippen molar-refractivity contribution in [2.24, 2.45) is 0 Å². The molecule has 0 aromatic rings. The van der Waals surface area contributed by atoms with E-state index in [4.69, 9.17) is 0 Å². The first kappa shape index (κ1) is 29.3. The molecule has 0 rings (SSSR count). The topological polar surface area (TPSA) is 20.2 Å². The molecule has 1 nitrogen and oxygen atoms in total. The molecule has 1 N–H and O–H groups in total. The molecular formula is C27H56OS. The molecule has 0 aromatic carbocycles. The van der Waals surface area contributed by atoms with E-state index in [9.17, 15) is 5.11 Å². The quantitative estimate of drug-likeness (QED) is 0.109. The number of aliphatic hydroxyl groups is 1. The Morgan fingerprint density at radius 1 is 0.448 bits per heavy atom. The van der Waals surface area contributed by atoms with Gasteiger partial charge in [-0.05, 0) is 6.42 Å². The van der Waals surface area contributed by atoms with Gasteiger partial charge in [0.2, 0.25) is 0 Å². The summed E-state index contributed by atoms with van der Waals surface area (Å²) in [5.74, 6) is 0.610. The van der Waals surface area contributed by atoms with Gasteiger partial charge in [0.1, 0.15) is 0 Å². The lowest BCUT2D eigenvalue weighted by atomic mass is 10.0. The van der Waals surface area contributed by atoms with Gasteiger partial charge in [-0.1, -0.05) is 155 Å². The lowest BCUT2D eigenvalue weighted by Gasteiger charge is -2.06. The monoisotopic (exact) mass is 428 g/mol. The van der Waals surface area contributed by atoms with Gasteiger partial charge in [-0.25, -0.2) is 0 Å². The van der Waals surface area contributed by atoms with E-state index >= 15 is 0 Å². The lowest BCUT2D eigenvalue weighted by molar-refractivity contribution is 0.185. The van der Waals surface area contributed by atoms with Gasteiger partial charge in [0.15, 0.2) is 0 Å². The third-order valence-electron chi connectivity index (χ3n) is 6.35. The number of thiol groups is 1. The van der Waals surface area contributed by atoms with Crippen molar-refractivity contribution in [1.82, 2.24) is 0 Å². The third kappa shape index (κ3) is 26.3. The molecule has 0 fully saturated rings. The van der Waals surface area contributed by atoms with Crippen LogP contribution in [0.5, 0.6) is 0 Å². The average molecular weight is 429 g/mol. The van der Waals surface area contributed by atoms with Crippen LogP contribution < -0.4 is 0 Å². The second-order valence-corrected chi connectivity index (χ2v) is 9.77. The van der Waals surface area contributed by atoms with E-state index in [1.54, 1.807) is 0 Å². The summed E-state index contributed by atoms with van der Waals surface area (Å²) in [6, 6.07) is 0. The average Bonchev–Trinajstić information content (AvgIpc) is 2.74. The minimum Gasteiger partial charge on any atom is -0.392 e. The Labute approximate surface area is 190 Å². The number of aliphatic hydroxyl groups excluding tert-OH is 1. The highest BCUT2D eigenvalue weighted by Gasteiger charge is 2.00. The zero-order valence-electron chi connectivity index (χ0n) is 20.1. The number of hydrogen-bond donors (Lipinski definition) is 2. The third-order valence-corrected chi connectivity index (χ3v) is 6.77. The molecule has 0 saturated carbocycles. The normalized spacial score (nSPS) is 12.5. The summed E-state index contributed by atoms with van der Waals surface area (Å²) in [6.45, 7) is 2.30. The highest BCUT2D eigenvalue weighted by Crippen LogP contribution is 2.15. The first-order valence-electron chi connectivity index (χ1n) is 13.6. The first-order valence-corrected chi connectivity index (χ1v) is 14.2. The maximum atomic E-state index is 9.45. The molecule has 0 heterocycles. The minimum absolute atomic E-state index is 0.187. The number of hydrogen-bond acceptors (Lipinski definition) is 2. The molecule has 0 aromatic heterocycles. The van der Waals surface area contributed by atoms with Crippen molar-refractivity contribution in [1.29, 1.82) is 0 Å². The molecule has 176 valence electrons. The van der Waals surface area contributed by atoms with Crippen molar-refractivity contribution >= 4 is 12.6 Å². The van der Waals surface area contributed by atoms with Crippen LogP contribution in [0.4, 0.5) is 0 Å². The number of unbranched alkanes of at least 4 members (excludes halogenated alkanes) is 22. The second-order valence-electron chi connectivity index (χ2n) is 9.40. The Morgan fingerprint density at radius 3 is 0.931 bits per heavy atom. The van der Waals surface area contributed by atoms with Crippen LogP contribution in [-0.2, 0) is 0 Å². The molecule has 1 unspecified atom stereocenters. The van der Waals surface area contributed by atoms with Crippen LogP contribution >= 0.6 is 12.6 Å². The lowest BCUT2D eigenvalue weighted by Crippen LogP contribution is -2.07. The summed E-state index contributed by atoms with van der Waals surface area (Å²) in [4.78, 5) is 0. The van der Waals surface area contributed by atoms with E-state index in [0.717, 1.165) is 6.42 Å². The maximum Gasteiger partial charge on any atom is 0.0628 e. The van der Waals surface area contributed by atoms with Gasteiger partial charge in [0.25, 0.3) is 0 Å². The fraction of sp³-hybridized carbons (Fsp3) is 1.00. The Kier molecular flexibility index (Phi) is 26.6. The zero-order valence-corrected chi connectivity index (χ0v) is 21.0. The molecular weight excluding hydrogens is 372 g/mol. The molecule has 0 spiro atoms. The molecule has 1 atom stereocenters. The summed E-state index contributed by atoms with van der Waals surface area (Å²) < 4.78 is 0. The van der Waals surface area contributed by atoms with E-state index in [1.807, 2.05) is 0 Å². The molecule has 0 bridgehead atoms. The fourth-order valence-corrected chi connectivity index (χ4v) is 4.44. The van der Waals surface area contributed by atoms with Crippen LogP contribution in [0.15, 0.2) is 0 Å². The molecule has 0 saturated heterocycles. The molecule has 0 aliphatic carbocycles. The van der Waals surface area contributed by atoms with Gasteiger partial charge >= 0.3 is 0 Å². The molecule has 0 aliphatic heterocycles. The number of rotatable bonds is 25. The van der Waals surface area contributed by atoms with E-state index in [1.165, 1.54) is 148 Å². The van der Waals surface area contributed by atoms with Crippen LogP contribution in [0.3, 0.4) is 0 Å². The second kappa shape index (κ2) is 26.3. The standard InChI is InChI=1S/C27H56OS/c1-2-3-4-5-6-7-8-9-10-11-12-13-14-15-16-17-18-19-20-21-22-23-24-25-27(28)26-29/h27-29H,2-26H2,1H3. The SMILES string of the molecule is CCCCCCCCCCCCCCCCCCCCCCCCCC(O)CS. The van der Waals surface area contributed by atoms with Gasteiger partial charge in [0.05, 0.1) is 6.10 Å². The zero-order chi connectivity index (χ0) is 21.3. The van der Waals surface area contributed by atoms with Crippen molar-refractivity contribution < 1.29 is 5.11 Å². The summed E-state index contributed by atoms with van der Waals surface area (Å²) >= 11 is 4.12. The summed E-state index contributed by atoms with van der Waals surface area (Å²) in [5, 5.41) is 9.45. The molecule has 0 aliphatic rings. The Bertz CT molecular complexity index is 282. The van der Waals surface area contributed by atoms with Crippen molar-refractivity contribution in [3.63, 3.8) is 0 Å². The van der Waals surface area contributed by atoms with Crippen LogP contribution in [-0.4, -0.2) is 17.0 Å². The van der Waals surface area contributed by atoms with Crippen LogP contribution in [0.25, 0.3) is 0 Å². The molecule has 0 amide bonds. The predicted molar refractivity (Wildman–Crippen MR) is 136 cm³/mol. The van der Waals surface area contributed by atoms with Gasteiger partial charge in [-0.2, -0.15) is 12.6 Å². The van der Waals surface area contributed by atoms with Crippen LogP contribution in [0, 0.1) is 0 Å². The summed E-state index contributed by atoms with van der Waals surface area (Å²) in [5.41, 5.74) is 0. The molecule has 2 heteroatoms. The van der Waals surface area contributed by atoms with Gasteiger partial charge in [-0.3, -0.25) is 0 Å². The Balaban J connectivity index is 3.00. The van der Waals surface area contributed by atoms with Crippen molar-refractivity contribution in [2.75, 3.05) is 5.75 Å². The van der Waals surface area contributed by atoms with Gasteiger partial charge in [0, 0.05) is 5.75 Å². The van der Waals surface area contributed by atoms with E-state index in [-0.39, 0.29) is 6.10 Å². The Morgan fingerprint density at radius 2 is 0.690 bits per heavy atom. The van der Waals surface area contributed by atoms with Gasteiger partial charge < -0.3 is 5.11 Å². The summed E-state index contributed by atoms with van der Waals surface area (Å²) in [6.07, 6.45) is 33.6. The first-order chi connectivity index (χ1) is 14.3. The van der Waals surface area contributed by atoms with Crippen molar-refractivity contribution in [2.45, 2.75) is 167 Å². The minimum atomic E-state index is -0.187. The van der Waals surface area contributed by atoms with E-state index in [0.29, 0.717) is 5.75 Å². The van der Waals surface area contributed by atoms with Crippen LogP contribution in [0.1, 0.15) is 161 Å². The summed E-state index contributed by atoms with van der Waals surface area (Å²) in [7, 11) is 0. The predicted octanol–water partition coefficient (Wildman–Crippen LogP) is 9.66. The smallest absolute Gasteiger partial charge is 0.0628 e. The van der Waals surface area contributed by atoms with Gasteiger partial charge in [-0.15, -0.1) is 0 Å². The fourth-order valence-electron chi connectivity index (χ4n) is 4.26. The molecule has 0 radical (unpaired) electrons. The maximum absolute atomic E-state index is 9.45. The largest absolute Gasteiger partial charge is 0.392 e. The highest BCUT2D eigenvalue weighted by molar-refractivity contribution is 7.80. The molecule has 29 heavy (non-hydrogen) atoms. The van der Waals surface area contributed by atoms with E-state index in [2.05, 4.69) is 19.6 Å². The van der Waals surface area contributed by atoms with Crippen LogP contribution in [0.2, 0.25) is 0 Å². The highest BCUT2D eigenvalue weighted by atomic mass is 32.1. The van der Waals surface area contributed by atoms with Crippen molar-refractivity contribution in [3.05, 3.63) is 0 Å².